The van der Waals surface area contributed by atoms with Gasteiger partial charge in [0.15, 0.2) is 0 Å². The van der Waals surface area contributed by atoms with Crippen molar-refractivity contribution in [1.29, 1.82) is 0 Å². The van der Waals surface area contributed by atoms with Gasteiger partial charge in [0.05, 0.1) is 6.54 Å². The Labute approximate surface area is 100.0 Å². The van der Waals surface area contributed by atoms with Crippen molar-refractivity contribution in [2.75, 3.05) is 19.6 Å². The Bertz CT molecular complexity index is 294. The summed E-state index contributed by atoms with van der Waals surface area (Å²) in [6.45, 7) is 2.48. The fraction of sp³-hybridized carbons (Fsp3) is 0.818. The van der Waals surface area contributed by atoms with Crippen molar-refractivity contribution in [3.05, 3.63) is 0 Å². The lowest BCUT2D eigenvalue weighted by molar-refractivity contribution is -0.137. The number of hydrogen-bond donors (Lipinski definition) is 2. The van der Waals surface area contributed by atoms with Crippen molar-refractivity contribution in [3.63, 3.8) is 0 Å². The zero-order valence-electron chi connectivity index (χ0n) is 10.0. The number of halogens is 1. The molecule has 0 aromatic heterocycles. The molecular formula is C11H19FN2O3. The van der Waals surface area contributed by atoms with Gasteiger partial charge in [0, 0.05) is 19.5 Å². The Morgan fingerprint density at radius 1 is 1.53 bits per heavy atom. The average Bonchev–Trinajstić information content (AvgIpc) is 2.22. The van der Waals surface area contributed by atoms with Crippen LogP contribution in [-0.2, 0) is 4.79 Å². The van der Waals surface area contributed by atoms with Gasteiger partial charge in [-0.25, -0.2) is 9.18 Å². The molecule has 0 saturated carbocycles. The minimum atomic E-state index is -1.31. The first kappa shape index (κ1) is 13.7. The van der Waals surface area contributed by atoms with Crippen LogP contribution in [-0.4, -0.2) is 47.3 Å². The number of alkyl halides is 1. The molecule has 17 heavy (non-hydrogen) atoms. The van der Waals surface area contributed by atoms with Gasteiger partial charge >= 0.3 is 12.0 Å². The van der Waals surface area contributed by atoms with Crippen LogP contribution in [0.25, 0.3) is 0 Å². The van der Waals surface area contributed by atoms with Crippen LogP contribution in [0.2, 0.25) is 0 Å². The lowest BCUT2D eigenvalue weighted by atomic mass is 9.97. The lowest BCUT2D eigenvalue weighted by Gasteiger charge is -2.35. The molecule has 0 aromatic rings. The molecule has 0 aromatic carbocycles. The number of carbonyl (C=O) groups excluding carboxylic acids is 1. The van der Waals surface area contributed by atoms with E-state index >= 15 is 0 Å². The van der Waals surface area contributed by atoms with Crippen molar-refractivity contribution < 1.29 is 19.1 Å². The molecule has 0 radical (unpaired) electrons. The van der Waals surface area contributed by atoms with Gasteiger partial charge in [-0.1, -0.05) is 0 Å². The van der Waals surface area contributed by atoms with E-state index in [1.165, 1.54) is 11.8 Å². The summed E-state index contributed by atoms with van der Waals surface area (Å²) in [5.41, 5.74) is -1.31. The smallest absolute Gasteiger partial charge is 0.317 e. The third-order valence-corrected chi connectivity index (χ3v) is 2.78. The van der Waals surface area contributed by atoms with Gasteiger partial charge < -0.3 is 15.3 Å². The van der Waals surface area contributed by atoms with Gasteiger partial charge in [-0.2, -0.15) is 0 Å². The maximum absolute atomic E-state index is 13.7. The minimum absolute atomic E-state index is 0.0289. The van der Waals surface area contributed by atoms with E-state index in [0.717, 1.165) is 0 Å². The van der Waals surface area contributed by atoms with E-state index < -0.39 is 11.6 Å². The second-order valence-electron chi connectivity index (χ2n) is 4.67. The summed E-state index contributed by atoms with van der Waals surface area (Å²) in [5, 5.41) is 11.0. The Balaban J connectivity index is 2.25. The summed E-state index contributed by atoms with van der Waals surface area (Å²) in [6.07, 6.45) is 1.56. The van der Waals surface area contributed by atoms with Crippen molar-refractivity contribution >= 4 is 12.0 Å². The Kier molecular flexibility index (Phi) is 4.72. The van der Waals surface area contributed by atoms with Crippen molar-refractivity contribution in [2.45, 2.75) is 38.3 Å². The van der Waals surface area contributed by atoms with Crippen LogP contribution >= 0.6 is 0 Å². The number of aliphatic carboxylic acids is 1. The number of hydrogen-bond acceptors (Lipinski definition) is 2. The highest BCUT2D eigenvalue weighted by atomic mass is 19.1. The van der Waals surface area contributed by atoms with Crippen LogP contribution in [0.5, 0.6) is 0 Å². The molecule has 6 heteroatoms. The van der Waals surface area contributed by atoms with Crippen LogP contribution in [0.1, 0.15) is 32.6 Å². The molecule has 0 bridgehead atoms. The second kappa shape index (κ2) is 5.84. The second-order valence-corrected chi connectivity index (χ2v) is 4.67. The van der Waals surface area contributed by atoms with Crippen molar-refractivity contribution in [1.82, 2.24) is 10.2 Å². The summed E-state index contributed by atoms with van der Waals surface area (Å²) >= 11 is 0. The van der Waals surface area contributed by atoms with Gasteiger partial charge in [0.2, 0.25) is 0 Å². The topological polar surface area (TPSA) is 69.6 Å². The largest absolute Gasteiger partial charge is 0.481 e. The fourth-order valence-corrected chi connectivity index (χ4v) is 1.91. The van der Waals surface area contributed by atoms with Gasteiger partial charge in [-0.15, -0.1) is 0 Å². The van der Waals surface area contributed by atoms with Gasteiger partial charge in [-0.3, -0.25) is 4.79 Å². The molecule has 1 heterocycles. The number of amides is 2. The van der Waals surface area contributed by atoms with Gasteiger partial charge in [0.1, 0.15) is 5.67 Å². The molecule has 1 saturated heterocycles. The number of likely N-dealkylation sites (tertiary alicyclic amines) is 1. The van der Waals surface area contributed by atoms with Gasteiger partial charge in [-0.05, 0) is 26.2 Å². The number of piperidine rings is 1. The Morgan fingerprint density at radius 2 is 2.24 bits per heavy atom. The van der Waals surface area contributed by atoms with Crippen LogP contribution in [0, 0.1) is 0 Å². The Morgan fingerprint density at radius 3 is 2.82 bits per heavy atom. The molecule has 1 aliphatic rings. The van der Waals surface area contributed by atoms with E-state index in [2.05, 4.69) is 5.32 Å². The third-order valence-electron chi connectivity index (χ3n) is 2.78. The highest BCUT2D eigenvalue weighted by molar-refractivity contribution is 5.74. The van der Waals surface area contributed by atoms with E-state index in [4.69, 9.17) is 5.11 Å². The summed E-state index contributed by atoms with van der Waals surface area (Å²) in [4.78, 5) is 23.3. The van der Waals surface area contributed by atoms with E-state index in [1.807, 2.05) is 0 Å². The predicted octanol–water partition coefficient (Wildman–Crippen LogP) is 1.38. The quantitative estimate of drug-likeness (QED) is 0.736. The highest BCUT2D eigenvalue weighted by Gasteiger charge is 2.32. The number of rotatable bonds is 4. The summed E-state index contributed by atoms with van der Waals surface area (Å²) in [5.74, 6) is -0.881. The monoisotopic (exact) mass is 246 g/mol. The molecule has 5 nitrogen and oxygen atoms in total. The zero-order valence-corrected chi connectivity index (χ0v) is 10.0. The van der Waals surface area contributed by atoms with E-state index in [1.54, 1.807) is 0 Å². The number of carboxylic acids is 1. The van der Waals surface area contributed by atoms with Crippen LogP contribution < -0.4 is 5.32 Å². The summed E-state index contributed by atoms with van der Waals surface area (Å²) in [7, 11) is 0. The standard InChI is InChI=1S/C11H19FN2O3/c1-11(12)5-3-7-14(8-11)10(17)13-6-2-4-9(15)16/h2-8H2,1H3,(H,13,17)(H,15,16). The maximum atomic E-state index is 13.7. The van der Waals surface area contributed by atoms with E-state index in [9.17, 15) is 14.0 Å². The number of nitrogens with one attached hydrogen (secondary N) is 1. The SMILES string of the molecule is CC1(F)CCCN(C(=O)NCCCC(=O)O)C1. The molecule has 98 valence electrons. The molecule has 2 N–H and O–H groups in total. The highest BCUT2D eigenvalue weighted by Crippen LogP contribution is 2.24. The number of urea groups is 1. The molecule has 0 aliphatic carbocycles. The molecule has 0 spiro atoms. The van der Waals surface area contributed by atoms with Crippen LogP contribution in [0.3, 0.4) is 0 Å². The zero-order chi connectivity index (χ0) is 12.9. The minimum Gasteiger partial charge on any atom is -0.481 e. The first-order valence-electron chi connectivity index (χ1n) is 5.84. The van der Waals surface area contributed by atoms with Crippen LogP contribution in [0.15, 0.2) is 0 Å². The molecule has 1 rings (SSSR count). The van der Waals surface area contributed by atoms with E-state index in [0.29, 0.717) is 32.4 Å². The number of carboxylic acid groups (broad SMARTS) is 1. The van der Waals surface area contributed by atoms with E-state index in [-0.39, 0.29) is 19.0 Å². The summed E-state index contributed by atoms with van der Waals surface area (Å²) < 4.78 is 13.7. The average molecular weight is 246 g/mol. The normalized spacial score (nSPS) is 24.5. The molecule has 1 aliphatic heterocycles. The Hall–Kier alpha value is -1.33. The first-order valence-corrected chi connectivity index (χ1v) is 5.84. The molecular weight excluding hydrogens is 227 g/mol. The number of nitrogens with zero attached hydrogens (tertiary/aromatic N) is 1. The number of carbonyl (C=O) groups is 2. The van der Waals surface area contributed by atoms with Crippen molar-refractivity contribution in [2.24, 2.45) is 0 Å². The van der Waals surface area contributed by atoms with Crippen LogP contribution in [0.4, 0.5) is 9.18 Å². The summed E-state index contributed by atoms with van der Waals surface area (Å²) in [6, 6.07) is -0.307. The maximum Gasteiger partial charge on any atom is 0.317 e. The van der Waals surface area contributed by atoms with Crippen molar-refractivity contribution in [3.8, 4) is 0 Å². The van der Waals surface area contributed by atoms with Gasteiger partial charge in [0.25, 0.3) is 0 Å². The molecule has 1 fully saturated rings. The predicted molar refractivity (Wildman–Crippen MR) is 60.6 cm³/mol. The molecule has 2 amide bonds. The third kappa shape index (κ3) is 5.01. The fourth-order valence-electron chi connectivity index (χ4n) is 1.91. The molecule has 1 unspecified atom stereocenters. The lowest BCUT2D eigenvalue weighted by Crippen LogP contribution is -2.50. The molecule has 1 atom stereocenters. The first-order chi connectivity index (χ1) is 7.91.